The Kier molecular flexibility index (Phi) is 9.47. The molecule has 4 saturated carbocycles. The van der Waals surface area contributed by atoms with Crippen LogP contribution in [0.25, 0.3) is 0 Å². The number of fused-ring (bicyclic) bond motifs is 1. The van der Waals surface area contributed by atoms with Gasteiger partial charge in [0.1, 0.15) is 12.2 Å². The van der Waals surface area contributed by atoms with Gasteiger partial charge in [0.2, 0.25) is 0 Å². The van der Waals surface area contributed by atoms with Gasteiger partial charge >= 0.3 is 0 Å². The summed E-state index contributed by atoms with van der Waals surface area (Å²) in [6, 6.07) is 0. The Morgan fingerprint density at radius 3 is 2.51 bits per heavy atom. The molecule has 4 nitrogen and oxygen atoms in total. The van der Waals surface area contributed by atoms with Gasteiger partial charge in [0.05, 0.1) is 17.8 Å². The zero-order chi connectivity index (χ0) is 26.8. The summed E-state index contributed by atoms with van der Waals surface area (Å²) in [5.74, 6) is 2.04. The number of hydrogen-bond acceptors (Lipinski definition) is 4. The van der Waals surface area contributed by atoms with E-state index in [9.17, 15) is 15.3 Å². The molecule has 0 bridgehead atoms. The quantitative estimate of drug-likeness (QED) is 0.325. The summed E-state index contributed by atoms with van der Waals surface area (Å²) < 4.78 is 6.20. The molecule has 0 radical (unpaired) electrons. The van der Waals surface area contributed by atoms with Crippen molar-refractivity contribution in [1.82, 2.24) is 0 Å². The predicted octanol–water partition coefficient (Wildman–Crippen LogP) is 7.03. The molecule has 0 aromatic rings. The van der Waals surface area contributed by atoms with Gasteiger partial charge in [-0.2, -0.15) is 0 Å². The van der Waals surface area contributed by atoms with Crippen LogP contribution in [-0.2, 0) is 4.74 Å². The van der Waals surface area contributed by atoms with Crippen LogP contribution in [0.2, 0.25) is 0 Å². The maximum atomic E-state index is 11.0. The van der Waals surface area contributed by atoms with Gasteiger partial charge < -0.3 is 20.1 Å². The zero-order valence-electron chi connectivity index (χ0n) is 24.1. The van der Waals surface area contributed by atoms with E-state index >= 15 is 0 Å². The van der Waals surface area contributed by atoms with Gasteiger partial charge in [-0.3, -0.25) is 0 Å². The number of rotatable bonds is 8. The summed E-state index contributed by atoms with van der Waals surface area (Å²) in [5.41, 5.74) is 3.01. The zero-order valence-corrected chi connectivity index (χ0v) is 24.1. The Bertz CT molecular complexity index is 845. The Labute approximate surface area is 226 Å². The molecule has 4 rings (SSSR count). The van der Waals surface area contributed by atoms with Gasteiger partial charge in [-0.1, -0.05) is 70.3 Å². The van der Waals surface area contributed by atoms with Crippen LogP contribution in [0.4, 0.5) is 0 Å². The number of ether oxygens (including phenoxy) is 1. The molecule has 7 atom stereocenters. The van der Waals surface area contributed by atoms with Crippen molar-refractivity contribution >= 4 is 0 Å². The first kappa shape index (κ1) is 29.1. The lowest BCUT2D eigenvalue weighted by Crippen LogP contribution is -2.47. The minimum absolute atomic E-state index is 0.149. The third-order valence-electron chi connectivity index (χ3n) is 10.5. The largest absolute Gasteiger partial charge is 0.390 e. The number of aliphatic hydroxyl groups is 3. The Morgan fingerprint density at radius 1 is 1.08 bits per heavy atom. The van der Waals surface area contributed by atoms with Crippen LogP contribution in [0.1, 0.15) is 118 Å². The van der Waals surface area contributed by atoms with E-state index in [-0.39, 0.29) is 6.10 Å². The highest BCUT2D eigenvalue weighted by Gasteiger charge is 2.50. The molecule has 0 spiro atoms. The molecule has 4 heteroatoms. The molecule has 210 valence electrons. The van der Waals surface area contributed by atoms with Crippen LogP contribution in [0.15, 0.2) is 35.5 Å². The summed E-state index contributed by atoms with van der Waals surface area (Å²) in [6.07, 6.45) is 18.1. The summed E-state index contributed by atoms with van der Waals surface area (Å²) in [4.78, 5) is 0. The van der Waals surface area contributed by atoms with Crippen molar-refractivity contribution < 1.29 is 20.1 Å². The lowest BCUT2D eigenvalue weighted by atomic mass is 9.60. The van der Waals surface area contributed by atoms with Crippen molar-refractivity contribution in [3.8, 4) is 0 Å². The summed E-state index contributed by atoms with van der Waals surface area (Å²) in [5, 5.41) is 32.0. The van der Waals surface area contributed by atoms with Crippen molar-refractivity contribution in [2.75, 3.05) is 0 Å². The minimum Gasteiger partial charge on any atom is -0.390 e. The van der Waals surface area contributed by atoms with E-state index in [1.807, 2.05) is 13.8 Å². The maximum Gasteiger partial charge on any atom is 0.114 e. The van der Waals surface area contributed by atoms with Crippen molar-refractivity contribution in [1.29, 1.82) is 0 Å². The third-order valence-corrected chi connectivity index (χ3v) is 10.5. The fourth-order valence-electron chi connectivity index (χ4n) is 8.31. The number of allylic oxidation sites excluding steroid dienone is 3. The smallest absolute Gasteiger partial charge is 0.114 e. The molecule has 0 aromatic carbocycles. The van der Waals surface area contributed by atoms with E-state index in [0.717, 1.165) is 43.6 Å². The van der Waals surface area contributed by atoms with Crippen molar-refractivity contribution in [3.63, 3.8) is 0 Å². The monoisotopic (exact) mass is 514 g/mol. The fraction of sp³-hybridized carbons (Fsp3) is 0.818. The van der Waals surface area contributed by atoms with Gasteiger partial charge in [0, 0.05) is 6.42 Å². The maximum absolute atomic E-state index is 11.0. The standard InChI is InChI=1S/C33H54O4/c1-22(11-9-19-32(3,4)36)27-17-18-28-24(12-10-20-33(27,28)5)15-16-25-21-29(34)31(30(35)23(25)2)37-26-13-7-6-8-14-26/h15-16,22,26-31,34-36H,2,6-14,17-21H2,1,3-5H3/b24-15+,25-16-/t22-,27-,28+,29-,30-,31-,33-/m1/s1. The van der Waals surface area contributed by atoms with Gasteiger partial charge in [-0.15, -0.1) is 0 Å². The average Bonchev–Trinajstić information content (AvgIpc) is 3.20. The van der Waals surface area contributed by atoms with E-state index in [0.29, 0.717) is 29.2 Å². The lowest BCUT2D eigenvalue weighted by Gasteiger charge is -2.44. The van der Waals surface area contributed by atoms with Crippen LogP contribution in [0.3, 0.4) is 0 Å². The first-order valence-corrected chi connectivity index (χ1v) is 15.3. The number of hydrogen-bond donors (Lipinski definition) is 3. The van der Waals surface area contributed by atoms with E-state index in [1.165, 1.54) is 51.4 Å². The lowest BCUT2D eigenvalue weighted by molar-refractivity contribution is -0.131. The van der Waals surface area contributed by atoms with E-state index in [4.69, 9.17) is 4.74 Å². The highest BCUT2D eigenvalue weighted by molar-refractivity contribution is 5.40. The summed E-state index contributed by atoms with van der Waals surface area (Å²) in [7, 11) is 0. The fourth-order valence-corrected chi connectivity index (χ4v) is 8.31. The molecule has 4 aliphatic rings. The third kappa shape index (κ3) is 6.80. The molecule has 0 aromatic heterocycles. The molecular formula is C33H54O4. The van der Waals surface area contributed by atoms with Crippen molar-refractivity contribution in [2.45, 2.75) is 148 Å². The van der Waals surface area contributed by atoms with E-state index < -0.39 is 23.9 Å². The van der Waals surface area contributed by atoms with Crippen LogP contribution in [0.5, 0.6) is 0 Å². The Hall–Kier alpha value is -0.940. The second kappa shape index (κ2) is 12.1. The van der Waals surface area contributed by atoms with Crippen LogP contribution < -0.4 is 0 Å². The summed E-state index contributed by atoms with van der Waals surface area (Å²) in [6.45, 7) is 13.0. The van der Waals surface area contributed by atoms with Gasteiger partial charge in [0.15, 0.2) is 0 Å². The average molecular weight is 515 g/mol. The SMILES string of the molecule is C=C1/C(=C\C=C2/CCC[C@]3(C)[C@@H]([C@H](C)CCCC(C)(C)O)CC[C@@H]23)C[C@@H](O)[C@@H](OC2CCCCC2)[C@@H]1O. The highest BCUT2D eigenvalue weighted by Crippen LogP contribution is 2.60. The second-order valence-electron chi connectivity index (χ2n) is 13.8. The molecular weight excluding hydrogens is 460 g/mol. The first-order valence-electron chi connectivity index (χ1n) is 15.3. The molecule has 0 unspecified atom stereocenters. The molecule has 4 fully saturated rings. The van der Waals surface area contributed by atoms with E-state index in [2.05, 4.69) is 32.6 Å². The molecule has 0 saturated heterocycles. The molecule has 0 heterocycles. The molecule has 3 N–H and O–H groups in total. The molecule has 4 aliphatic carbocycles. The van der Waals surface area contributed by atoms with Gasteiger partial charge in [-0.05, 0) is 99.5 Å². The van der Waals surface area contributed by atoms with Crippen molar-refractivity contribution in [3.05, 3.63) is 35.5 Å². The van der Waals surface area contributed by atoms with E-state index in [1.54, 1.807) is 5.57 Å². The predicted molar refractivity (Wildman–Crippen MR) is 151 cm³/mol. The highest BCUT2D eigenvalue weighted by atomic mass is 16.5. The van der Waals surface area contributed by atoms with Gasteiger partial charge in [-0.25, -0.2) is 0 Å². The summed E-state index contributed by atoms with van der Waals surface area (Å²) >= 11 is 0. The molecule has 0 aliphatic heterocycles. The number of aliphatic hydroxyl groups excluding tert-OH is 2. The molecule has 0 amide bonds. The van der Waals surface area contributed by atoms with Crippen LogP contribution in [0, 0.1) is 23.2 Å². The Morgan fingerprint density at radius 2 is 1.81 bits per heavy atom. The Balaban J connectivity index is 1.41. The minimum atomic E-state index is -0.840. The first-order chi connectivity index (χ1) is 17.5. The normalized spacial score (nSPS) is 38.8. The van der Waals surface area contributed by atoms with Crippen LogP contribution in [-0.4, -0.2) is 45.3 Å². The molecule has 37 heavy (non-hydrogen) atoms. The second-order valence-corrected chi connectivity index (χ2v) is 13.8. The van der Waals surface area contributed by atoms with Crippen molar-refractivity contribution in [2.24, 2.45) is 23.2 Å². The topological polar surface area (TPSA) is 69.9 Å². The van der Waals surface area contributed by atoms with Gasteiger partial charge in [0.25, 0.3) is 0 Å². The van der Waals surface area contributed by atoms with Crippen LogP contribution >= 0.6 is 0 Å².